The van der Waals surface area contributed by atoms with Gasteiger partial charge in [0, 0.05) is 17.6 Å². The second-order valence-corrected chi connectivity index (χ2v) is 5.11. The van der Waals surface area contributed by atoms with Gasteiger partial charge in [-0.15, -0.1) is 0 Å². The molecular formula is C17H19F2N. The molecule has 0 saturated carbocycles. The van der Waals surface area contributed by atoms with Crippen LogP contribution in [0, 0.1) is 18.6 Å². The number of benzene rings is 2. The van der Waals surface area contributed by atoms with E-state index in [0.717, 1.165) is 11.6 Å². The van der Waals surface area contributed by atoms with Crippen molar-refractivity contribution in [3.63, 3.8) is 0 Å². The van der Waals surface area contributed by atoms with E-state index in [1.54, 1.807) is 6.07 Å². The van der Waals surface area contributed by atoms with E-state index in [-0.39, 0.29) is 12.1 Å². The Balaban J connectivity index is 2.17. The first kappa shape index (κ1) is 14.7. The lowest BCUT2D eigenvalue weighted by Gasteiger charge is -2.22. The van der Waals surface area contributed by atoms with Gasteiger partial charge < -0.3 is 5.32 Å². The van der Waals surface area contributed by atoms with Crippen LogP contribution in [0.25, 0.3) is 0 Å². The van der Waals surface area contributed by atoms with Crippen molar-refractivity contribution in [3.8, 4) is 0 Å². The molecule has 0 bridgehead atoms. The summed E-state index contributed by atoms with van der Waals surface area (Å²) in [6, 6.07) is 12.1. The van der Waals surface area contributed by atoms with Crippen LogP contribution in [-0.4, -0.2) is 0 Å². The Bertz CT molecular complexity index is 595. The summed E-state index contributed by atoms with van der Waals surface area (Å²) in [5, 5.41) is 3.31. The molecule has 0 aliphatic heterocycles. The molecule has 2 rings (SSSR count). The molecule has 1 nitrogen and oxygen atoms in total. The molecule has 0 fully saturated rings. The molecule has 0 spiro atoms. The second kappa shape index (κ2) is 6.14. The summed E-state index contributed by atoms with van der Waals surface area (Å²) in [5.41, 5.74) is 2.70. The van der Waals surface area contributed by atoms with Gasteiger partial charge in [0.2, 0.25) is 0 Å². The van der Waals surface area contributed by atoms with Gasteiger partial charge in [-0.05, 0) is 38.0 Å². The van der Waals surface area contributed by atoms with Crippen molar-refractivity contribution < 1.29 is 8.78 Å². The maximum Gasteiger partial charge on any atom is 0.163 e. The summed E-state index contributed by atoms with van der Waals surface area (Å²) in [6.45, 7) is 5.91. The van der Waals surface area contributed by atoms with E-state index in [0.29, 0.717) is 5.56 Å². The van der Waals surface area contributed by atoms with Crippen molar-refractivity contribution in [1.82, 2.24) is 5.32 Å². The van der Waals surface area contributed by atoms with Crippen molar-refractivity contribution in [2.45, 2.75) is 32.9 Å². The van der Waals surface area contributed by atoms with Crippen LogP contribution in [0.2, 0.25) is 0 Å². The zero-order valence-electron chi connectivity index (χ0n) is 12.0. The van der Waals surface area contributed by atoms with E-state index in [2.05, 4.69) is 5.32 Å². The summed E-state index contributed by atoms with van der Waals surface area (Å²) < 4.78 is 27.0. The van der Waals surface area contributed by atoms with Gasteiger partial charge in [-0.1, -0.05) is 36.4 Å². The van der Waals surface area contributed by atoms with Crippen molar-refractivity contribution in [2.24, 2.45) is 0 Å². The molecule has 0 saturated heterocycles. The molecule has 1 N–H and O–H groups in total. The quantitative estimate of drug-likeness (QED) is 0.854. The van der Waals surface area contributed by atoms with E-state index in [4.69, 9.17) is 0 Å². The summed E-state index contributed by atoms with van der Waals surface area (Å²) >= 11 is 0. The molecule has 0 aliphatic carbocycles. The van der Waals surface area contributed by atoms with Gasteiger partial charge in [-0.3, -0.25) is 0 Å². The van der Waals surface area contributed by atoms with Crippen molar-refractivity contribution >= 4 is 0 Å². The molecule has 2 aromatic rings. The predicted molar refractivity (Wildman–Crippen MR) is 77.5 cm³/mol. The molecule has 2 atom stereocenters. The number of aryl methyl sites for hydroxylation is 1. The largest absolute Gasteiger partial charge is 0.304 e. The molecular weight excluding hydrogens is 256 g/mol. The molecule has 0 amide bonds. The monoisotopic (exact) mass is 275 g/mol. The Morgan fingerprint density at radius 3 is 2.15 bits per heavy atom. The fourth-order valence-electron chi connectivity index (χ4n) is 2.48. The van der Waals surface area contributed by atoms with Crippen molar-refractivity contribution in [3.05, 3.63) is 70.8 Å². The van der Waals surface area contributed by atoms with E-state index < -0.39 is 11.6 Å². The smallest absolute Gasteiger partial charge is 0.163 e. The Hall–Kier alpha value is -1.74. The van der Waals surface area contributed by atoms with Crippen LogP contribution in [-0.2, 0) is 0 Å². The predicted octanol–water partition coefficient (Wildman–Crippen LogP) is 4.69. The van der Waals surface area contributed by atoms with Gasteiger partial charge >= 0.3 is 0 Å². The average molecular weight is 275 g/mol. The molecule has 2 aromatic carbocycles. The first-order valence-electron chi connectivity index (χ1n) is 6.76. The molecule has 0 radical (unpaired) electrons. The third-order valence-electron chi connectivity index (χ3n) is 3.60. The van der Waals surface area contributed by atoms with Crippen LogP contribution in [0.1, 0.15) is 42.6 Å². The number of halogens is 2. The number of rotatable bonds is 4. The second-order valence-electron chi connectivity index (χ2n) is 5.11. The van der Waals surface area contributed by atoms with Crippen molar-refractivity contribution in [1.29, 1.82) is 0 Å². The highest BCUT2D eigenvalue weighted by Crippen LogP contribution is 2.24. The van der Waals surface area contributed by atoms with Gasteiger partial charge in [0.1, 0.15) is 0 Å². The standard InChI is InChI=1S/C17H19F2N/c1-11-7-4-5-8-14(11)12(2)20-13(3)15-9-6-10-16(18)17(15)19/h4-10,12-13,20H,1-3H3/t12-,13?/m0/s1. The zero-order valence-corrected chi connectivity index (χ0v) is 12.0. The minimum Gasteiger partial charge on any atom is -0.304 e. The summed E-state index contributed by atoms with van der Waals surface area (Å²) in [4.78, 5) is 0. The van der Waals surface area contributed by atoms with Crippen molar-refractivity contribution in [2.75, 3.05) is 0 Å². The molecule has 0 aliphatic rings. The topological polar surface area (TPSA) is 12.0 Å². The number of hydrogen-bond acceptors (Lipinski definition) is 1. The Morgan fingerprint density at radius 1 is 0.850 bits per heavy atom. The summed E-state index contributed by atoms with van der Waals surface area (Å²) in [5.74, 6) is -1.58. The van der Waals surface area contributed by atoms with E-state index in [1.807, 2.05) is 45.0 Å². The molecule has 20 heavy (non-hydrogen) atoms. The molecule has 3 heteroatoms. The number of nitrogens with one attached hydrogen (secondary N) is 1. The molecule has 106 valence electrons. The van der Waals surface area contributed by atoms with Gasteiger partial charge in [0.25, 0.3) is 0 Å². The minimum atomic E-state index is -0.806. The van der Waals surface area contributed by atoms with Gasteiger partial charge in [0.15, 0.2) is 11.6 Å². The SMILES string of the molecule is Cc1ccccc1[C@H](C)NC(C)c1cccc(F)c1F. The molecule has 0 aromatic heterocycles. The molecule has 0 heterocycles. The summed E-state index contributed by atoms with van der Waals surface area (Å²) in [7, 11) is 0. The maximum atomic E-state index is 13.8. The first-order chi connectivity index (χ1) is 9.50. The van der Waals surface area contributed by atoms with E-state index >= 15 is 0 Å². The highest BCUT2D eigenvalue weighted by atomic mass is 19.2. The van der Waals surface area contributed by atoms with Crippen LogP contribution in [0.15, 0.2) is 42.5 Å². The lowest BCUT2D eigenvalue weighted by atomic mass is 10.0. The third kappa shape index (κ3) is 3.05. The van der Waals surface area contributed by atoms with Crippen LogP contribution in [0.5, 0.6) is 0 Å². The fraction of sp³-hybridized carbons (Fsp3) is 0.294. The number of hydrogen-bond donors (Lipinski definition) is 1. The van der Waals surface area contributed by atoms with E-state index in [9.17, 15) is 8.78 Å². The first-order valence-corrected chi connectivity index (χ1v) is 6.76. The Morgan fingerprint density at radius 2 is 1.45 bits per heavy atom. The highest BCUT2D eigenvalue weighted by molar-refractivity contribution is 5.29. The average Bonchev–Trinajstić information content (AvgIpc) is 2.42. The highest BCUT2D eigenvalue weighted by Gasteiger charge is 2.17. The minimum absolute atomic E-state index is 0.0638. The maximum absolute atomic E-state index is 13.8. The van der Waals surface area contributed by atoms with Crippen LogP contribution < -0.4 is 5.32 Å². The zero-order chi connectivity index (χ0) is 14.7. The van der Waals surface area contributed by atoms with Crippen LogP contribution in [0.3, 0.4) is 0 Å². The molecule has 1 unspecified atom stereocenters. The summed E-state index contributed by atoms with van der Waals surface area (Å²) in [6.07, 6.45) is 0. The lowest BCUT2D eigenvalue weighted by Crippen LogP contribution is -2.24. The van der Waals surface area contributed by atoms with Gasteiger partial charge in [0.05, 0.1) is 0 Å². The Kier molecular flexibility index (Phi) is 4.50. The van der Waals surface area contributed by atoms with E-state index in [1.165, 1.54) is 11.6 Å². The fourth-order valence-corrected chi connectivity index (χ4v) is 2.48. The van der Waals surface area contributed by atoms with Crippen LogP contribution >= 0.6 is 0 Å². The lowest BCUT2D eigenvalue weighted by molar-refractivity contribution is 0.448. The normalized spacial score (nSPS) is 14.1. The van der Waals surface area contributed by atoms with Gasteiger partial charge in [-0.25, -0.2) is 8.78 Å². The Labute approximate surface area is 118 Å². The van der Waals surface area contributed by atoms with Gasteiger partial charge in [-0.2, -0.15) is 0 Å². The van der Waals surface area contributed by atoms with Crippen LogP contribution in [0.4, 0.5) is 8.78 Å². The third-order valence-corrected chi connectivity index (χ3v) is 3.60.